The van der Waals surface area contributed by atoms with E-state index in [1.165, 1.54) is 0 Å². The summed E-state index contributed by atoms with van der Waals surface area (Å²) in [4.78, 5) is 0. The Morgan fingerprint density at radius 1 is 1.82 bits per heavy atom. The molecule has 1 heterocycles. The highest BCUT2D eigenvalue weighted by molar-refractivity contribution is 5.38. The molecule has 0 fully saturated rings. The molecule has 0 saturated carbocycles. The number of nitrogens with one attached hydrogen (secondary N) is 1. The molecule has 0 amide bonds. The fourth-order valence-electron chi connectivity index (χ4n) is 0.795. The van der Waals surface area contributed by atoms with Gasteiger partial charge in [0, 0.05) is 0 Å². The average molecular weight is 149 g/mol. The van der Waals surface area contributed by atoms with Gasteiger partial charge in [-0.3, -0.25) is 0 Å². The predicted molar refractivity (Wildman–Crippen MR) is 44.9 cm³/mol. The summed E-state index contributed by atoms with van der Waals surface area (Å²) in [5, 5.41) is 12.1. The minimum absolute atomic E-state index is 0.262. The van der Waals surface area contributed by atoms with Crippen molar-refractivity contribution < 1.29 is 5.11 Å². The molecule has 2 heteroatoms. The molecule has 0 spiro atoms. The lowest BCUT2D eigenvalue weighted by atomic mass is 10.2. The molecule has 0 aromatic heterocycles. The predicted octanol–water partition coefficient (Wildman–Crippen LogP) is 1.99. The van der Waals surface area contributed by atoms with Crippen molar-refractivity contribution in [1.82, 2.24) is 5.32 Å². The van der Waals surface area contributed by atoms with Crippen molar-refractivity contribution in [2.75, 3.05) is 0 Å². The van der Waals surface area contributed by atoms with Gasteiger partial charge in [-0.2, -0.15) is 0 Å². The highest BCUT2D eigenvalue weighted by Gasteiger charge is 2.09. The maximum absolute atomic E-state index is 9.23. The van der Waals surface area contributed by atoms with E-state index in [9.17, 15) is 5.11 Å². The third-order valence-electron chi connectivity index (χ3n) is 1.38. The number of hydrogen-bond donors (Lipinski definition) is 2. The van der Waals surface area contributed by atoms with Crippen LogP contribution in [-0.2, 0) is 0 Å². The van der Waals surface area contributed by atoms with Gasteiger partial charge in [0.25, 0.3) is 0 Å². The smallest absolute Gasteiger partial charge is 0.143 e. The van der Waals surface area contributed by atoms with E-state index in [1.54, 1.807) is 12.2 Å². The molecular weight excluding hydrogens is 138 g/mol. The Kier molecular flexibility index (Phi) is 2.19. The van der Waals surface area contributed by atoms with E-state index in [2.05, 4.69) is 17.6 Å². The highest BCUT2D eigenvalue weighted by atomic mass is 16.3. The Bertz CT molecular complexity index is 267. The molecule has 1 rings (SSSR count). The lowest BCUT2D eigenvalue weighted by Crippen LogP contribution is -2.19. The SMILES string of the molecule is C=CC1=C=C(/C(O)=C\CC)N1. The summed E-state index contributed by atoms with van der Waals surface area (Å²) in [7, 11) is 0. The van der Waals surface area contributed by atoms with E-state index in [4.69, 9.17) is 0 Å². The molecule has 0 bridgehead atoms. The van der Waals surface area contributed by atoms with Crippen molar-refractivity contribution in [2.24, 2.45) is 0 Å². The molecular formula is C9H11NO. The Hall–Kier alpha value is -1.40. The second-order valence-electron chi connectivity index (χ2n) is 2.24. The van der Waals surface area contributed by atoms with Crippen LogP contribution in [0, 0.1) is 0 Å². The van der Waals surface area contributed by atoms with Gasteiger partial charge in [0.2, 0.25) is 0 Å². The summed E-state index contributed by atoms with van der Waals surface area (Å²) in [6.45, 7) is 5.51. The minimum atomic E-state index is 0.262. The van der Waals surface area contributed by atoms with Crippen LogP contribution < -0.4 is 5.32 Å². The van der Waals surface area contributed by atoms with Crippen molar-refractivity contribution in [3.63, 3.8) is 0 Å². The van der Waals surface area contributed by atoms with Crippen LogP contribution >= 0.6 is 0 Å². The molecule has 1 aliphatic rings. The second kappa shape index (κ2) is 3.13. The molecule has 2 nitrogen and oxygen atoms in total. The van der Waals surface area contributed by atoms with Gasteiger partial charge in [-0.25, -0.2) is 0 Å². The fourth-order valence-corrected chi connectivity index (χ4v) is 0.795. The van der Waals surface area contributed by atoms with Crippen LogP contribution in [0.4, 0.5) is 0 Å². The summed E-state index contributed by atoms with van der Waals surface area (Å²) < 4.78 is 0. The molecule has 1 aliphatic heterocycles. The van der Waals surface area contributed by atoms with Gasteiger partial charge in [0.15, 0.2) is 0 Å². The molecule has 0 aromatic rings. The lowest BCUT2D eigenvalue weighted by molar-refractivity contribution is 0.412. The topological polar surface area (TPSA) is 32.3 Å². The minimum Gasteiger partial charge on any atom is -0.505 e. The second-order valence-corrected chi connectivity index (χ2v) is 2.24. The normalized spacial score (nSPS) is 15.9. The van der Waals surface area contributed by atoms with E-state index < -0.39 is 0 Å². The lowest BCUT2D eigenvalue weighted by Gasteiger charge is -2.14. The molecule has 0 aliphatic carbocycles. The Labute approximate surface area is 66.2 Å². The van der Waals surface area contributed by atoms with Crippen LogP contribution in [0.5, 0.6) is 0 Å². The van der Waals surface area contributed by atoms with Gasteiger partial charge in [0.05, 0.1) is 5.70 Å². The van der Waals surface area contributed by atoms with E-state index >= 15 is 0 Å². The standard InChI is InChI=1S/C9H11NO/c1-3-5-9(11)8-6-7(4-2)10-8/h4-5,10-11H,2-3H2,1H3/b9-5+. The van der Waals surface area contributed by atoms with Crippen molar-refractivity contribution in [3.05, 3.63) is 41.6 Å². The first kappa shape index (κ1) is 7.70. The molecule has 58 valence electrons. The molecule has 11 heavy (non-hydrogen) atoms. The van der Waals surface area contributed by atoms with E-state index in [-0.39, 0.29) is 5.76 Å². The number of aliphatic hydroxyl groups excluding tert-OH is 1. The number of rotatable bonds is 3. The molecule has 0 aromatic carbocycles. The first-order chi connectivity index (χ1) is 5.27. The van der Waals surface area contributed by atoms with E-state index in [0.29, 0.717) is 5.70 Å². The summed E-state index contributed by atoms with van der Waals surface area (Å²) in [6.07, 6.45) is 4.21. The zero-order chi connectivity index (χ0) is 8.27. The first-order valence-corrected chi connectivity index (χ1v) is 3.57. The zero-order valence-electron chi connectivity index (χ0n) is 6.52. The van der Waals surface area contributed by atoms with Gasteiger partial charge < -0.3 is 10.4 Å². The summed E-state index contributed by atoms with van der Waals surface area (Å²) in [5.74, 6) is 0.262. The Morgan fingerprint density at radius 3 is 2.91 bits per heavy atom. The van der Waals surface area contributed by atoms with Gasteiger partial charge in [0.1, 0.15) is 11.5 Å². The first-order valence-electron chi connectivity index (χ1n) is 3.57. The van der Waals surface area contributed by atoms with Crippen LogP contribution in [0.2, 0.25) is 0 Å². The average Bonchev–Trinajstić information content (AvgIpc) is 1.86. The van der Waals surface area contributed by atoms with Crippen LogP contribution in [0.1, 0.15) is 13.3 Å². The van der Waals surface area contributed by atoms with Crippen molar-refractivity contribution >= 4 is 0 Å². The number of allylic oxidation sites excluding steroid dienone is 1. The van der Waals surface area contributed by atoms with Gasteiger partial charge in [-0.05, 0) is 18.6 Å². The summed E-state index contributed by atoms with van der Waals surface area (Å²) in [6, 6.07) is 0. The van der Waals surface area contributed by atoms with Gasteiger partial charge >= 0.3 is 0 Å². The van der Waals surface area contributed by atoms with Crippen molar-refractivity contribution in [2.45, 2.75) is 13.3 Å². The van der Waals surface area contributed by atoms with E-state index in [1.807, 2.05) is 6.92 Å². The number of aliphatic hydroxyl groups is 1. The Balaban J connectivity index is 2.75. The molecule has 2 N–H and O–H groups in total. The highest BCUT2D eigenvalue weighted by Crippen LogP contribution is 2.12. The molecule has 0 atom stereocenters. The fraction of sp³-hybridized carbons (Fsp3) is 0.222. The Morgan fingerprint density at radius 2 is 2.45 bits per heavy atom. The van der Waals surface area contributed by atoms with Gasteiger partial charge in [-0.1, -0.05) is 19.2 Å². The van der Waals surface area contributed by atoms with Crippen LogP contribution in [0.15, 0.2) is 41.6 Å². The van der Waals surface area contributed by atoms with Crippen LogP contribution in [-0.4, -0.2) is 5.11 Å². The molecule has 0 unspecified atom stereocenters. The summed E-state index contributed by atoms with van der Waals surface area (Å²) in [5.41, 5.74) is 4.38. The zero-order valence-corrected chi connectivity index (χ0v) is 6.52. The van der Waals surface area contributed by atoms with Crippen LogP contribution in [0.3, 0.4) is 0 Å². The summed E-state index contributed by atoms with van der Waals surface area (Å²) >= 11 is 0. The van der Waals surface area contributed by atoms with Crippen LogP contribution in [0.25, 0.3) is 0 Å². The third-order valence-corrected chi connectivity index (χ3v) is 1.38. The maximum atomic E-state index is 9.23. The van der Waals surface area contributed by atoms with Crippen molar-refractivity contribution in [1.29, 1.82) is 0 Å². The quantitative estimate of drug-likeness (QED) is 0.475. The number of hydrogen-bond acceptors (Lipinski definition) is 2. The molecule has 0 radical (unpaired) electrons. The molecule has 0 saturated heterocycles. The third kappa shape index (κ3) is 1.54. The van der Waals surface area contributed by atoms with Crippen molar-refractivity contribution in [3.8, 4) is 0 Å². The monoisotopic (exact) mass is 149 g/mol. The van der Waals surface area contributed by atoms with E-state index in [0.717, 1.165) is 12.1 Å². The largest absolute Gasteiger partial charge is 0.505 e. The maximum Gasteiger partial charge on any atom is 0.143 e. The van der Waals surface area contributed by atoms with Gasteiger partial charge in [-0.15, -0.1) is 0 Å².